The van der Waals surface area contributed by atoms with Crippen molar-refractivity contribution in [3.8, 4) is 0 Å². The number of hydrogen-bond acceptors (Lipinski definition) is 2. The number of amides is 1. The van der Waals surface area contributed by atoms with E-state index in [1.165, 1.54) is 22.6 Å². The molecule has 1 aliphatic carbocycles. The fourth-order valence-electron chi connectivity index (χ4n) is 3.72. The van der Waals surface area contributed by atoms with Crippen LogP contribution >= 0.6 is 11.3 Å². The molecule has 0 radical (unpaired) electrons. The molecule has 2 aliphatic rings. The van der Waals surface area contributed by atoms with Gasteiger partial charge in [0, 0.05) is 24.4 Å². The summed E-state index contributed by atoms with van der Waals surface area (Å²) in [5, 5.41) is 5.38. The van der Waals surface area contributed by atoms with Crippen molar-refractivity contribution in [1.29, 1.82) is 0 Å². The SMILES string of the molecule is O=C(NC1CC1)[C@H](c1ccccc1)[NH+]1CCC[C@@H]1c1cccs1. The fraction of sp³-hybridized carbons (Fsp3) is 0.421. The molecule has 4 heteroatoms. The zero-order chi connectivity index (χ0) is 15.6. The van der Waals surface area contributed by atoms with Crippen LogP contribution in [0, 0.1) is 0 Å². The summed E-state index contributed by atoms with van der Waals surface area (Å²) in [6.45, 7) is 1.07. The minimum atomic E-state index is -0.0913. The summed E-state index contributed by atoms with van der Waals surface area (Å²) in [5.41, 5.74) is 1.14. The molecular formula is C19H23N2OS+. The van der Waals surface area contributed by atoms with Crippen molar-refractivity contribution in [2.24, 2.45) is 0 Å². The topological polar surface area (TPSA) is 33.5 Å². The van der Waals surface area contributed by atoms with Gasteiger partial charge in [0.05, 0.1) is 11.4 Å². The third-order valence-electron chi connectivity index (χ3n) is 4.98. The first kappa shape index (κ1) is 14.9. The van der Waals surface area contributed by atoms with E-state index in [-0.39, 0.29) is 11.9 Å². The van der Waals surface area contributed by atoms with Crippen molar-refractivity contribution in [3.05, 3.63) is 58.3 Å². The Hall–Kier alpha value is -1.65. The Bertz CT molecular complexity index is 651. The first-order valence-corrected chi connectivity index (χ1v) is 9.45. The Morgan fingerprint density at radius 2 is 1.96 bits per heavy atom. The van der Waals surface area contributed by atoms with Crippen molar-refractivity contribution < 1.29 is 9.69 Å². The van der Waals surface area contributed by atoms with Gasteiger partial charge in [-0.3, -0.25) is 4.79 Å². The number of likely N-dealkylation sites (tertiary alicyclic amines) is 1. The van der Waals surface area contributed by atoms with Gasteiger partial charge >= 0.3 is 0 Å². The van der Waals surface area contributed by atoms with Crippen molar-refractivity contribution >= 4 is 17.2 Å². The van der Waals surface area contributed by atoms with Crippen LogP contribution in [0.25, 0.3) is 0 Å². The molecule has 3 atom stereocenters. The van der Waals surface area contributed by atoms with Crippen LogP contribution < -0.4 is 10.2 Å². The van der Waals surface area contributed by atoms with E-state index in [9.17, 15) is 4.79 Å². The van der Waals surface area contributed by atoms with E-state index in [1.54, 1.807) is 0 Å². The summed E-state index contributed by atoms with van der Waals surface area (Å²) < 4.78 is 0. The van der Waals surface area contributed by atoms with Crippen LogP contribution in [0.15, 0.2) is 47.8 Å². The van der Waals surface area contributed by atoms with Crippen LogP contribution in [0.5, 0.6) is 0 Å². The fourth-order valence-corrected chi connectivity index (χ4v) is 4.63. The molecular weight excluding hydrogens is 304 g/mol. The lowest BCUT2D eigenvalue weighted by Gasteiger charge is -2.29. The van der Waals surface area contributed by atoms with Gasteiger partial charge in [-0.15, -0.1) is 11.3 Å². The third-order valence-corrected chi connectivity index (χ3v) is 5.97. The average Bonchev–Trinajstić information content (AvgIpc) is 3.04. The normalized spacial score (nSPS) is 25.2. The molecule has 2 aromatic rings. The molecule has 3 nitrogen and oxygen atoms in total. The van der Waals surface area contributed by atoms with E-state index in [1.807, 2.05) is 29.5 Å². The first-order valence-electron chi connectivity index (χ1n) is 8.57. The molecule has 1 aromatic carbocycles. The van der Waals surface area contributed by atoms with Gasteiger partial charge in [-0.25, -0.2) is 0 Å². The lowest BCUT2D eigenvalue weighted by atomic mass is 10.0. The van der Waals surface area contributed by atoms with Crippen LogP contribution in [0.3, 0.4) is 0 Å². The largest absolute Gasteiger partial charge is 0.348 e. The minimum Gasteiger partial charge on any atom is -0.348 e. The van der Waals surface area contributed by atoms with Gasteiger partial charge in [0.1, 0.15) is 6.04 Å². The summed E-state index contributed by atoms with van der Waals surface area (Å²) in [5.74, 6) is 0.206. The van der Waals surface area contributed by atoms with E-state index < -0.39 is 0 Å². The van der Waals surface area contributed by atoms with Crippen LogP contribution in [-0.4, -0.2) is 18.5 Å². The molecule has 2 N–H and O–H groups in total. The molecule has 0 bridgehead atoms. The highest BCUT2D eigenvalue weighted by molar-refractivity contribution is 7.10. The zero-order valence-electron chi connectivity index (χ0n) is 13.2. The molecule has 1 amide bonds. The highest BCUT2D eigenvalue weighted by Crippen LogP contribution is 2.27. The second-order valence-electron chi connectivity index (χ2n) is 6.66. The highest BCUT2D eigenvalue weighted by atomic mass is 32.1. The highest BCUT2D eigenvalue weighted by Gasteiger charge is 2.42. The van der Waals surface area contributed by atoms with Gasteiger partial charge in [0.15, 0.2) is 6.04 Å². The number of carbonyl (C=O) groups is 1. The van der Waals surface area contributed by atoms with E-state index in [4.69, 9.17) is 0 Å². The Morgan fingerprint density at radius 1 is 1.13 bits per heavy atom. The standard InChI is InChI=1S/C19H22N2OS/c22-19(20-15-10-11-15)18(14-6-2-1-3-7-14)21-12-4-8-16(21)17-9-5-13-23-17/h1-3,5-7,9,13,15-16,18H,4,8,10-12H2,(H,20,22)/p+1/t16-,18+/m1/s1. The molecule has 120 valence electrons. The van der Waals surface area contributed by atoms with Crippen molar-refractivity contribution in [2.45, 2.75) is 43.8 Å². The minimum absolute atomic E-state index is 0.0913. The maximum Gasteiger partial charge on any atom is 0.283 e. The van der Waals surface area contributed by atoms with Gasteiger partial charge < -0.3 is 10.2 Å². The number of thiophene rings is 1. The Labute approximate surface area is 141 Å². The summed E-state index contributed by atoms with van der Waals surface area (Å²) in [6, 6.07) is 15.4. The predicted molar refractivity (Wildman–Crippen MR) is 92.5 cm³/mol. The van der Waals surface area contributed by atoms with E-state index in [2.05, 4.69) is 35.0 Å². The van der Waals surface area contributed by atoms with Gasteiger partial charge in [-0.05, 0) is 24.3 Å². The number of hydrogen-bond donors (Lipinski definition) is 2. The van der Waals surface area contributed by atoms with Crippen LogP contribution in [0.1, 0.15) is 48.2 Å². The second kappa shape index (κ2) is 6.46. The van der Waals surface area contributed by atoms with Crippen LogP contribution in [-0.2, 0) is 4.79 Å². The lowest BCUT2D eigenvalue weighted by molar-refractivity contribution is -0.939. The molecule has 1 unspecified atom stereocenters. The summed E-state index contributed by atoms with van der Waals surface area (Å²) >= 11 is 1.82. The molecule has 4 rings (SSSR count). The smallest absolute Gasteiger partial charge is 0.283 e. The van der Waals surface area contributed by atoms with Gasteiger partial charge in [-0.2, -0.15) is 0 Å². The monoisotopic (exact) mass is 327 g/mol. The maximum atomic E-state index is 13.0. The summed E-state index contributed by atoms with van der Waals surface area (Å²) in [6.07, 6.45) is 4.64. The van der Waals surface area contributed by atoms with E-state index >= 15 is 0 Å². The number of rotatable bonds is 5. The number of carbonyl (C=O) groups excluding carboxylic acids is 1. The molecule has 1 saturated heterocycles. The molecule has 1 aromatic heterocycles. The zero-order valence-corrected chi connectivity index (χ0v) is 14.0. The van der Waals surface area contributed by atoms with Crippen LogP contribution in [0.4, 0.5) is 0 Å². The predicted octanol–water partition coefficient (Wildman–Crippen LogP) is 2.49. The van der Waals surface area contributed by atoms with E-state index in [0.717, 1.165) is 24.9 Å². The summed E-state index contributed by atoms with van der Waals surface area (Å²) in [7, 11) is 0. The van der Waals surface area contributed by atoms with Gasteiger partial charge in [0.25, 0.3) is 5.91 Å². The van der Waals surface area contributed by atoms with Crippen LogP contribution in [0.2, 0.25) is 0 Å². The Balaban J connectivity index is 1.64. The number of quaternary nitrogens is 1. The molecule has 1 aliphatic heterocycles. The van der Waals surface area contributed by atoms with E-state index in [0.29, 0.717) is 12.1 Å². The lowest BCUT2D eigenvalue weighted by Crippen LogP contribution is -3.11. The third kappa shape index (κ3) is 3.19. The molecule has 1 saturated carbocycles. The molecule has 2 heterocycles. The molecule has 2 fully saturated rings. The van der Waals surface area contributed by atoms with Crippen molar-refractivity contribution in [3.63, 3.8) is 0 Å². The van der Waals surface area contributed by atoms with Gasteiger partial charge in [-0.1, -0.05) is 36.4 Å². The van der Waals surface area contributed by atoms with Crippen molar-refractivity contribution in [1.82, 2.24) is 5.32 Å². The van der Waals surface area contributed by atoms with Gasteiger partial charge in [0.2, 0.25) is 0 Å². The first-order chi connectivity index (χ1) is 11.3. The Morgan fingerprint density at radius 3 is 2.65 bits per heavy atom. The molecule has 0 spiro atoms. The van der Waals surface area contributed by atoms with Crippen molar-refractivity contribution in [2.75, 3.05) is 6.54 Å². The Kier molecular flexibility index (Phi) is 4.19. The summed E-state index contributed by atoms with van der Waals surface area (Å²) in [4.78, 5) is 15.8. The average molecular weight is 327 g/mol. The second-order valence-corrected chi connectivity index (χ2v) is 7.64. The quantitative estimate of drug-likeness (QED) is 0.869. The maximum absolute atomic E-state index is 13.0. The molecule has 23 heavy (non-hydrogen) atoms. The number of nitrogens with one attached hydrogen (secondary N) is 2. The number of benzene rings is 1.